The minimum absolute atomic E-state index is 0.0329. The van der Waals surface area contributed by atoms with Gasteiger partial charge in [0.2, 0.25) is 0 Å². The standard InChI is InChI=1S/C17H21N3O7/c1-3-4-11(2)18-15(21)9-27-17(23)8-19-13-7-12(20(24)25)5-6-14(13)26-10-16(19)22/h5-7,11H,3-4,8-10H2,1-2H3,(H,18,21)/t11-/m0/s1. The Labute approximate surface area is 155 Å². The van der Waals surface area contributed by atoms with Gasteiger partial charge >= 0.3 is 5.97 Å². The number of hydrogen-bond acceptors (Lipinski definition) is 7. The molecular formula is C17H21N3O7. The van der Waals surface area contributed by atoms with Crippen LogP contribution in [0.4, 0.5) is 11.4 Å². The van der Waals surface area contributed by atoms with Crippen LogP contribution in [-0.4, -0.2) is 48.5 Å². The van der Waals surface area contributed by atoms with E-state index in [0.717, 1.165) is 23.8 Å². The van der Waals surface area contributed by atoms with Crippen molar-refractivity contribution in [3.63, 3.8) is 0 Å². The summed E-state index contributed by atoms with van der Waals surface area (Å²) in [6.45, 7) is 2.60. The van der Waals surface area contributed by atoms with Crippen LogP contribution in [0.25, 0.3) is 0 Å². The number of ether oxygens (including phenoxy) is 2. The first-order chi connectivity index (χ1) is 12.8. The molecule has 1 N–H and O–H groups in total. The molecule has 1 aromatic carbocycles. The summed E-state index contributed by atoms with van der Waals surface area (Å²) < 4.78 is 10.1. The molecular weight excluding hydrogens is 358 g/mol. The van der Waals surface area contributed by atoms with Crippen molar-refractivity contribution < 1.29 is 28.8 Å². The molecule has 10 nitrogen and oxygen atoms in total. The number of anilines is 1. The number of nitrogens with zero attached hydrogens (tertiary/aromatic N) is 2. The Hall–Kier alpha value is -3.17. The van der Waals surface area contributed by atoms with Crippen molar-refractivity contribution in [2.45, 2.75) is 32.7 Å². The molecule has 0 aromatic heterocycles. The number of nitro benzene ring substituents is 1. The van der Waals surface area contributed by atoms with Gasteiger partial charge in [-0.3, -0.25) is 29.4 Å². The number of fused-ring (bicyclic) bond motifs is 1. The molecule has 1 aromatic rings. The first kappa shape index (κ1) is 20.1. The van der Waals surface area contributed by atoms with Crippen LogP contribution in [0.3, 0.4) is 0 Å². The van der Waals surface area contributed by atoms with Gasteiger partial charge in [-0.2, -0.15) is 0 Å². The average molecular weight is 379 g/mol. The van der Waals surface area contributed by atoms with Crippen molar-refractivity contribution in [1.82, 2.24) is 5.32 Å². The number of nitro groups is 1. The lowest BCUT2D eigenvalue weighted by Gasteiger charge is -2.28. The molecule has 1 aliphatic rings. The van der Waals surface area contributed by atoms with Crippen molar-refractivity contribution in [1.29, 1.82) is 0 Å². The van der Waals surface area contributed by atoms with Crippen LogP contribution in [-0.2, 0) is 19.1 Å². The molecule has 0 aliphatic carbocycles. The zero-order valence-corrected chi connectivity index (χ0v) is 15.1. The van der Waals surface area contributed by atoms with Crippen LogP contribution in [0.15, 0.2) is 18.2 Å². The van der Waals surface area contributed by atoms with Crippen molar-refractivity contribution in [3.05, 3.63) is 28.3 Å². The fourth-order valence-corrected chi connectivity index (χ4v) is 2.62. The predicted molar refractivity (Wildman–Crippen MR) is 94.4 cm³/mol. The van der Waals surface area contributed by atoms with E-state index in [0.29, 0.717) is 0 Å². The maximum atomic E-state index is 12.1. The molecule has 0 bridgehead atoms. The van der Waals surface area contributed by atoms with E-state index in [-0.39, 0.29) is 29.8 Å². The lowest BCUT2D eigenvalue weighted by Crippen LogP contribution is -2.43. The third-order valence-corrected chi connectivity index (χ3v) is 3.88. The molecule has 146 valence electrons. The van der Waals surface area contributed by atoms with Gasteiger partial charge in [-0.15, -0.1) is 0 Å². The minimum Gasteiger partial charge on any atom is -0.482 e. The smallest absolute Gasteiger partial charge is 0.326 e. The van der Waals surface area contributed by atoms with E-state index in [1.807, 2.05) is 13.8 Å². The van der Waals surface area contributed by atoms with Gasteiger partial charge in [0.1, 0.15) is 12.3 Å². The fraction of sp³-hybridized carbons (Fsp3) is 0.471. The molecule has 10 heteroatoms. The van der Waals surface area contributed by atoms with E-state index in [2.05, 4.69) is 5.32 Å². The molecule has 2 rings (SSSR count). The van der Waals surface area contributed by atoms with E-state index < -0.39 is 35.9 Å². The lowest BCUT2D eigenvalue weighted by molar-refractivity contribution is -0.384. The van der Waals surface area contributed by atoms with Crippen molar-refractivity contribution in [3.8, 4) is 5.75 Å². The first-order valence-corrected chi connectivity index (χ1v) is 8.48. The fourth-order valence-electron chi connectivity index (χ4n) is 2.62. The molecule has 27 heavy (non-hydrogen) atoms. The SMILES string of the molecule is CCC[C@H](C)NC(=O)COC(=O)CN1C(=O)COc2ccc([N+](=O)[O-])cc21. The van der Waals surface area contributed by atoms with Crippen LogP contribution in [0.1, 0.15) is 26.7 Å². The van der Waals surface area contributed by atoms with Crippen molar-refractivity contribution in [2.24, 2.45) is 0 Å². The van der Waals surface area contributed by atoms with Crippen LogP contribution in [0.5, 0.6) is 5.75 Å². The zero-order valence-electron chi connectivity index (χ0n) is 15.1. The predicted octanol–water partition coefficient (Wildman–Crippen LogP) is 1.17. The van der Waals surface area contributed by atoms with Gasteiger partial charge in [0, 0.05) is 18.2 Å². The molecule has 1 heterocycles. The number of rotatable bonds is 8. The van der Waals surface area contributed by atoms with Gasteiger partial charge < -0.3 is 14.8 Å². The maximum Gasteiger partial charge on any atom is 0.326 e. The Bertz CT molecular complexity index is 750. The summed E-state index contributed by atoms with van der Waals surface area (Å²) in [6.07, 6.45) is 1.71. The zero-order chi connectivity index (χ0) is 20.0. The topological polar surface area (TPSA) is 128 Å². The summed E-state index contributed by atoms with van der Waals surface area (Å²) in [6, 6.07) is 3.72. The number of hydrogen-bond donors (Lipinski definition) is 1. The summed E-state index contributed by atoms with van der Waals surface area (Å²) >= 11 is 0. The number of non-ortho nitro benzene ring substituents is 1. The number of carbonyl (C=O) groups excluding carboxylic acids is 3. The molecule has 0 unspecified atom stereocenters. The Morgan fingerprint density at radius 2 is 2.19 bits per heavy atom. The summed E-state index contributed by atoms with van der Waals surface area (Å²) in [5.74, 6) is -1.53. The second-order valence-electron chi connectivity index (χ2n) is 6.10. The van der Waals surface area contributed by atoms with Crippen LogP contribution < -0.4 is 15.0 Å². The quantitative estimate of drug-likeness (QED) is 0.408. The largest absolute Gasteiger partial charge is 0.482 e. The van der Waals surface area contributed by atoms with Gasteiger partial charge in [0.25, 0.3) is 17.5 Å². The van der Waals surface area contributed by atoms with E-state index in [1.165, 1.54) is 12.1 Å². The number of esters is 1. The van der Waals surface area contributed by atoms with Crippen LogP contribution in [0, 0.1) is 10.1 Å². The second-order valence-corrected chi connectivity index (χ2v) is 6.10. The van der Waals surface area contributed by atoms with Crippen molar-refractivity contribution >= 4 is 29.2 Å². The molecule has 0 radical (unpaired) electrons. The summed E-state index contributed by atoms with van der Waals surface area (Å²) in [7, 11) is 0. The number of carbonyl (C=O) groups is 3. The number of benzene rings is 1. The minimum atomic E-state index is -0.805. The number of nitrogens with one attached hydrogen (secondary N) is 1. The van der Waals surface area contributed by atoms with Gasteiger partial charge in [0.15, 0.2) is 13.2 Å². The van der Waals surface area contributed by atoms with E-state index in [9.17, 15) is 24.5 Å². The Kier molecular flexibility index (Phi) is 6.69. The highest BCUT2D eigenvalue weighted by atomic mass is 16.6. The van der Waals surface area contributed by atoms with Gasteiger partial charge in [0.05, 0.1) is 10.6 Å². The molecule has 0 spiro atoms. The Morgan fingerprint density at radius 3 is 2.85 bits per heavy atom. The highest BCUT2D eigenvalue weighted by Crippen LogP contribution is 2.35. The van der Waals surface area contributed by atoms with E-state index in [4.69, 9.17) is 9.47 Å². The molecule has 1 aliphatic heterocycles. The van der Waals surface area contributed by atoms with Crippen LogP contribution >= 0.6 is 0 Å². The average Bonchev–Trinajstić information content (AvgIpc) is 2.62. The first-order valence-electron chi connectivity index (χ1n) is 8.48. The molecule has 0 saturated carbocycles. The van der Waals surface area contributed by atoms with Crippen molar-refractivity contribution in [2.75, 3.05) is 24.7 Å². The number of amides is 2. The highest BCUT2D eigenvalue weighted by molar-refractivity contribution is 6.01. The molecule has 0 saturated heterocycles. The molecule has 2 amide bonds. The molecule has 1 atom stereocenters. The normalized spacial score (nSPS) is 14.0. The van der Waals surface area contributed by atoms with Gasteiger partial charge in [-0.1, -0.05) is 13.3 Å². The Balaban J connectivity index is 1.99. The van der Waals surface area contributed by atoms with E-state index in [1.54, 1.807) is 0 Å². The van der Waals surface area contributed by atoms with E-state index >= 15 is 0 Å². The molecule has 0 fully saturated rings. The summed E-state index contributed by atoms with van der Waals surface area (Å²) in [5, 5.41) is 13.6. The van der Waals surface area contributed by atoms with Gasteiger partial charge in [-0.05, 0) is 19.4 Å². The van der Waals surface area contributed by atoms with Crippen LogP contribution in [0.2, 0.25) is 0 Å². The maximum absolute atomic E-state index is 12.1. The monoisotopic (exact) mass is 379 g/mol. The lowest BCUT2D eigenvalue weighted by atomic mass is 10.2. The highest BCUT2D eigenvalue weighted by Gasteiger charge is 2.29. The second kappa shape index (κ2) is 8.97. The summed E-state index contributed by atoms with van der Waals surface area (Å²) in [5.41, 5.74) is -0.131. The Morgan fingerprint density at radius 1 is 1.44 bits per heavy atom. The third kappa shape index (κ3) is 5.40. The summed E-state index contributed by atoms with van der Waals surface area (Å²) in [4.78, 5) is 47.2. The van der Waals surface area contributed by atoms with Gasteiger partial charge in [-0.25, -0.2) is 0 Å². The third-order valence-electron chi connectivity index (χ3n) is 3.88.